The summed E-state index contributed by atoms with van der Waals surface area (Å²) in [6.07, 6.45) is 1.85. The highest BCUT2D eigenvalue weighted by atomic mass is 32.1. The van der Waals surface area contributed by atoms with Gasteiger partial charge in [0, 0.05) is 13.1 Å². The van der Waals surface area contributed by atoms with Gasteiger partial charge in [0.1, 0.15) is 19.0 Å². The number of hydrogen-bond acceptors (Lipinski definition) is 7. The van der Waals surface area contributed by atoms with Gasteiger partial charge in [-0.2, -0.15) is 0 Å². The molecule has 7 nitrogen and oxygen atoms in total. The van der Waals surface area contributed by atoms with Crippen LogP contribution in [0.15, 0.2) is 36.4 Å². The SMILES string of the molecule is CCOc1ccc2nc(N3CCCC(C(=O)NC(C)c4ccc5c(c4)OCCO5)C3)sc2c1. The first-order valence-corrected chi connectivity index (χ1v) is 12.4. The third-order valence-corrected chi connectivity index (χ3v) is 7.23. The molecule has 0 saturated carbocycles. The van der Waals surface area contributed by atoms with Crippen molar-refractivity contribution in [2.45, 2.75) is 32.7 Å². The van der Waals surface area contributed by atoms with Crippen molar-refractivity contribution in [2.75, 3.05) is 37.8 Å². The van der Waals surface area contributed by atoms with E-state index in [2.05, 4.69) is 10.2 Å². The molecule has 1 saturated heterocycles. The fraction of sp³-hybridized carbons (Fsp3) is 0.440. The van der Waals surface area contributed by atoms with Crippen molar-refractivity contribution >= 4 is 32.6 Å². The Morgan fingerprint density at radius 1 is 1.24 bits per heavy atom. The number of amides is 1. The van der Waals surface area contributed by atoms with E-state index in [9.17, 15) is 4.79 Å². The van der Waals surface area contributed by atoms with E-state index in [0.29, 0.717) is 26.4 Å². The molecular formula is C25H29N3O4S. The van der Waals surface area contributed by atoms with Gasteiger partial charge in [0.2, 0.25) is 5.91 Å². The lowest BCUT2D eigenvalue weighted by Crippen LogP contribution is -2.43. The monoisotopic (exact) mass is 467 g/mol. The third kappa shape index (κ3) is 4.71. The molecule has 2 aromatic carbocycles. The molecule has 2 unspecified atom stereocenters. The van der Waals surface area contributed by atoms with Gasteiger partial charge < -0.3 is 24.4 Å². The Hall–Kier alpha value is -3.00. The standard InChI is InChI=1S/C25H29N3O4S/c1-3-30-19-7-8-20-23(14-19)33-25(27-20)28-10-4-5-18(15-28)24(29)26-16(2)17-6-9-21-22(13-17)32-12-11-31-21/h6-9,13-14,16,18H,3-5,10-12,15H2,1-2H3,(H,26,29). The first-order valence-electron chi connectivity index (χ1n) is 11.6. The highest BCUT2D eigenvalue weighted by molar-refractivity contribution is 7.22. The molecule has 8 heteroatoms. The second-order valence-electron chi connectivity index (χ2n) is 8.48. The van der Waals surface area contributed by atoms with Crippen molar-refractivity contribution in [1.29, 1.82) is 0 Å². The Morgan fingerprint density at radius 2 is 2.09 bits per heavy atom. The molecule has 2 aliphatic rings. The van der Waals surface area contributed by atoms with Gasteiger partial charge in [-0.1, -0.05) is 17.4 Å². The number of nitrogens with one attached hydrogen (secondary N) is 1. The Bertz CT molecular complexity index is 1150. The van der Waals surface area contributed by atoms with Crippen LogP contribution in [0.3, 0.4) is 0 Å². The summed E-state index contributed by atoms with van der Waals surface area (Å²) in [6, 6.07) is 11.8. The van der Waals surface area contributed by atoms with Gasteiger partial charge in [-0.05, 0) is 62.6 Å². The number of piperidine rings is 1. The maximum atomic E-state index is 13.1. The van der Waals surface area contributed by atoms with Crippen LogP contribution in [-0.2, 0) is 4.79 Å². The Morgan fingerprint density at radius 3 is 2.94 bits per heavy atom. The van der Waals surface area contributed by atoms with E-state index >= 15 is 0 Å². The summed E-state index contributed by atoms with van der Waals surface area (Å²) in [5.41, 5.74) is 1.98. The van der Waals surface area contributed by atoms with Crippen molar-refractivity contribution in [2.24, 2.45) is 5.92 Å². The van der Waals surface area contributed by atoms with E-state index < -0.39 is 0 Å². The number of fused-ring (bicyclic) bond motifs is 2. The molecule has 174 valence electrons. The molecule has 0 bridgehead atoms. The number of anilines is 1. The molecule has 33 heavy (non-hydrogen) atoms. The third-order valence-electron chi connectivity index (χ3n) is 6.15. The van der Waals surface area contributed by atoms with Crippen LogP contribution in [0.2, 0.25) is 0 Å². The maximum absolute atomic E-state index is 13.1. The number of rotatable bonds is 6. The summed E-state index contributed by atoms with van der Waals surface area (Å²) in [4.78, 5) is 20.2. The average Bonchev–Trinajstić information content (AvgIpc) is 3.27. The number of hydrogen-bond donors (Lipinski definition) is 1. The van der Waals surface area contributed by atoms with Crippen LogP contribution in [-0.4, -0.2) is 43.8 Å². The molecular weight excluding hydrogens is 438 g/mol. The van der Waals surface area contributed by atoms with Crippen LogP contribution in [0.5, 0.6) is 17.2 Å². The molecule has 3 heterocycles. The number of benzene rings is 2. The minimum absolute atomic E-state index is 0.0654. The van der Waals surface area contributed by atoms with Crippen LogP contribution in [0.4, 0.5) is 5.13 Å². The van der Waals surface area contributed by atoms with Gasteiger partial charge in [0.25, 0.3) is 0 Å². The van der Waals surface area contributed by atoms with Crippen LogP contribution in [0, 0.1) is 5.92 Å². The van der Waals surface area contributed by atoms with Crippen LogP contribution < -0.4 is 24.4 Å². The van der Waals surface area contributed by atoms with Crippen molar-refractivity contribution in [3.8, 4) is 17.2 Å². The van der Waals surface area contributed by atoms with E-state index in [-0.39, 0.29) is 17.9 Å². The molecule has 0 spiro atoms. The number of thiazole rings is 1. The maximum Gasteiger partial charge on any atom is 0.225 e. The highest BCUT2D eigenvalue weighted by Gasteiger charge is 2.28. The average molecular weight is 468 g/mol. The van der Waals surface area contributed by atoms with E-state index in [1.165, 1.54) is 0 Å². The van der Waals surface area contributed by atoms with Gasteiger partial charge in [0.15, 0.2) is 16.6 Å². The lowest BCUT2D eigenvalue weighted by atomic mass is 9.96. The largest absolute Gasteiger partial charge is 0.494 e. The zero-order valence-corrected chi connectivity index (χ0v) is 19.8. The second-order valence-corrected chi connectivity index (χ2v) is 9.49. The summed E-state index contributed by atoms with van der Waals surface area (Å²) < 4.78 is 18.0. The van der Waals surface area contributed by atoms with Crippen molar-refractivity contribution in [3.05, 3.63) is 42.0 Å². The smallest absolute Gasteiger partial charge is 0.225 e. The molecule has 0 radical (unpaired) electrons. The zero-order valence-electron chi connectivity index (χ0n) is 19.0. The molecule has 2 aliphatic heterocycles. The number of nitrogens with zero attached hydrogens (tertiary/aromatic N) is 2. The number of aromatic nitrogens is 1. The summed E-state index contributed by atoms with van der Waals surface area (Å²) in [5, 5.41) is 4.17. The zero-order chi connectivity index (χ0) is 22.8. The number of carbonyl (C=O) groups excluding carboxylic acids is 1. The van der Waals surface area contributed by atoms with Crippen molar-refractivity contribution in [1.82, 2.24) is 10.3 Å². The minimum atomic E-state index is -0.108. The Kier molecular flexibility index (Phi) is 6.26. The van der Waals surface area contributed by atoms with E-state index in [4.69, 9.17) is 19.2 Å². The van der Waals surface area contributed by atoms with Gasteiger partial charge in [-0.3, -0.25) is 4.79 Å². The van der Waals surface area contributed by atoms with Gasteiger partial charge in [-0.15, -0.1) is 0 Å². The lowest BCUT2D eigenvalue weighted by Gasteiger charge is -2.32. The highest BCUT2D eigenvalue weighted by Crippen LogP contribution is 2.35. The Balaban J connectivity index is 1.24. The molecule has 1 amide bonds. The van der Waals surface area contributed by atoms with Crippen LogP contribution >= 0.6 is 11.3 Å². The van der Waals surface area contributed by atoms with E-state index in [0.717, 1.165) is 57.5 Å². The molecule has 1 aromatic heterocycles. The molecule has 3 aromatic rings. The van der Waals surface area contributed by atoms with Crippen LogP contribution in [0.25, 0.3) is 10.2 Å². The molecule has 2 atom stereocenters. The molecule has 1 fully saturated rings. The minimum Gasteiger partial charge on any atom is -0.494 e. The van der Waals surface area contributed by atoms with Crippen LogP contribution in [0.1, 0.15) is 38.3 Å². The fourth-order valence-corrected chi connectivity index (χ4v) is 5.42. The summed E-state index contributed by atoms with van der Waals surface area (Å²) in [5.74, 6) is 2.39. The molecule has 1 N–H and O–H groups in total. The lowest BCUT2D eigenvalue weighted by molar-refractivity contribution is -0.125. The predicted octanol–water partition coefficient (Wildman–Crippen LogP) is 4.56. The normalized spacial score (nSPS) is 18.7. The van der Waals surface area contributed by atoms with Crippen molar-refractivity contribution < 1.29 is 19.0 Å². The first kappa shape index (κ1) is 21.8. The second kappa shape index (κ2) is 9.47. The summed E-state index contributed by atoms with van der Waals surface area (Å²) in [7, 11) is 0. The van der Waals surface area contributed by atoms with Crippen molar-refractivity contribution in [3.63, 3.8) is 0 Å². The summed E-state index contributed by atoms with van der Waals surface area (Å²) in [6.45, 7) is 7.35. The molecule has 5 rings (SSSR count). The summed E-state index contributed by atoms with van der Waals surface area (Å²) >= 11 is 1.66. The quantitative estimate of drug-likeness (QED) is 0.573. The van der Waals surface area contributed by atoms with Gasteiger partial charge in [0.05, 0.1) is 28.8 Å². The van der Waals surface area contributed by atoms with E-state index in [1.807, 2.05) is 50.2 Å². The van der Waals surface area contributed by atoms with Gasteiger partial charge in [-0.25, -0.2) is 4.98 Å². The predicted molar refractivity (Wildman–Crippen MR) is 130 cm³/mol. The fourth-order valence-electron chi connectivity index (χ4n) is 4.39. The first-order chi connectivity index (χ1) is 16.1. The molecule has 0 aliphatic carbocycles. The van der Waals surface area contributed by atoms with E-state index in [1.54, 1.807) is 11.3 Å². The topological polar surface area (TPSA) is 72.9 Å². The Labute approximate surface area is 197 Å². The van der Waals surface area contributed by atoms with Gasteiger partial charge >= 0.3 is 0 Å². The number of carbonyl (C=O) groups is 1. The number of ether oxygens (including phenoxy) is 3.